The smallest absolute Gasteiger partial charge is 0.254 e. The summed E-state index contributed by atoms with van der Waals surface area (Å²) < 4.78 is 0. The topological polar surface area (TPSA) is 42.0 Å². The van der Waals surface area contributed by atoms with Crippen LogP contribution in [0.15, 0.2) is 35.9 Å². The summed E-state index contributed by atoms with van der Waals surface area (Å²) in [5.74, 6) is -0.270. The fraction of sp³-hybridized carbons (Fsp3) is 0.333. The molecule has 0 saturated carbocycles. The highest BCUT2D eigenvalue weighted by Gasteiger charge is 2.11. The first-order valence-corrected chi connectivity index (χ1v) is 7.22. The maximum absolute atomic E-state index is 11.9. The summed E-state index contributed by atoms with van der Waals surface area (Å²) in [7, 11) is 0. The number of nitrogens with one attached hydrogen (secondary N) is 1. The van der Waals surface area contributed by atoms with Crippen molar-refractivity contribution in [1.29, 1.82) is 0 Å². The van der Waals surface area contributed by atoms with E-state index in [0.717, 1.165) is 5.57 Å². The molecule has 0 aromatic carbocycles. The Morgan fingerprint density at radius 3 is 2.45 bits per heavy atom. The van der Waals surface area contributed by atoms with Gasteiger partial charge in [0.1, 0.15) is 10.3 Å². The van der Waals surface area contributed by atoms with Gasteiger partial charge in [0.05, 0.1) is 5.56 Å². The maximum atomic E-state index is 11.9. The van der Waals surface area contributed by atoms with E-state index in [-0.39, 0.29) is 16.2 Å². The minimum absolute atomic E-state index is 0.105. The molecule has 5 heteroatoms. The van der Waals surface area contributed by atoms with Crippen LogP contribution in [0.2, 0.25) is 10.3 Å². The molecule has 0 aliphatic heterocycles. The lowest BCUT2D eigenvalue weighted by Gasteiger charge is -2.07. The quantitative estimate of drug-likeness (QED) is 0.648. The molecule has 1 aromatic heterocycles. The van der Waals surface area contributed by atoms with Gasteiger partial charge in [0, 0.05) is 6.54 Å². The fourth-order valence-electron chi connectivity index (χ4n) is 1.33. The zero-order valence-corrected chi connectivity index (χ0v) is 13.7. The van der Waals surface area contributed by atoms with Crippen LogP contribution in [0, 0.1) is 0 Å². The van der Waals surface area contributed by atoms with Gasteiger partial charge in [0.25, 0.3) is 5.91 Å². The van der Waals surface area contributed by atoms with Crippen molar-refractivity contribution in [3.05, 3.63) is 51.8 Å². The molecule has 1 aromatic rings. The fourth-order valence-corrected chi connectivity index (χ4v) is 1.76. The minimum atomic E-state index is -0.270. The summed E-state index contributed by atoms with van der Waals surface area (Å²) in [4.78, 5) is 15.7. The van der Waals surface area contributed by atoms with Gasteiger partial charge in [0.2, 0.25) is 0 Å². The third-order valence-electron chi connectivity index (χ3n) is 2.26. The van der Waals surface area contributed by atoms with Crippen molar-refractivity contribution in [1.82, 2.24) is 10.3 Å². The van der Waals surface area contributed by atoms with E-state index >= 15 is 0 Å². The first-order chi connectivity index (χ1) is 9.58. The summed E-state index contributed by atoms with van der Waals surface area (Å²) in [5, 5.41) is 3.14. The zero-order chi connectivity index (χ0) is 15.5. The van der Waals surface area contributed by atoms with Gasteiger partial charge in [-0.3, -0.25) is 4.79 Å². The Bertz CT molecular complexity index is 497. The molecule has 0 aliphatic carbocycles. The Labute approximate surface area is 130 Å². The van der Waals surface area contributed by atoms with Crippen molar-refractivity contribution >= 4 is 29.1 Å². The molecule has 0 radical (unpaired) electrons. The van der Waals surface area contributed by atoms with Crippen LogP contribution in [-0.2, 0) is 0 Å². The van der Waals surface area contributed by atoms with Gasteiger partial charge < -0.3 is 5.32 Å². The molecule has 0 bridgehead atoms. The number of carbonyl (C=O) groups excluding carboxylic acids is 1. The van der Waals surface area contributed by atoms with Crippen LogP contribution in [-0.4, -0.2) is 17.4 Å². The molecule has 110 valence electrons. The number of pyridine rings is 1. The molecule has 3 nitrogen and oxygen atoms in total. The second-order valence-electron chi connectivity index (χ2n) is 3.52. The van der Waals surface area contributed by atoms with E-state index in [2.05, 4.69) is 10.3 Å². The van der Waals surface area contributed by atoms with Gasteiger partial charge in [-0.05, 0) is 31.6 Å². The summed E-state index contributed by atoms with van der Waals surface area (Å²) >= 11 is 11.5. The summed E-state index contributed by atoms with van der Waals surface area (Å²) in [6.07, 6.45) is 5.78. The predicted molar refractivity (Wildman–Crippen MR) is 86.5 cm³/mol. The molecule has 1 amide bonds. The largest absolute Gasteiger partial charge is 0.348 e. The third kappa shape index (κ3) is 6.22. The van der Waals surface area contributed by atoms with E-state index in [1.54, 1.807) is 6.07 Å². The van der Waals surface area contributed by atoms with E-state index in [1.807, 2.05) is 45.9 Å². The molecule has 0 atom stereocenters. The SMILES string of the molecule is C/C=C\C(=C/C)CNC(=O)c1ccc(Cl)nc1Cl.CC. The monoisotopic (exact) mass is 314 g/mol. The molecule has 20 heavy (non-hydrogen) atoms. The predicted octanol–water partition coefficient (Wildman–Crippen LogP) is 4.67. The van der Waals surface area contributed by atoms with E-state index in [9.17, 15) is 4.79 Å². The Balaban J connectivity index is 0.00000172. The summed E-state index contributed by atoms with van der Waals surface area (Å²) in [6.45, 7) is 8.28. The van der Waals surface area contributed by atoms with Crippen LogP contribution in [0.1, 0.15) is 38.1 Å². The highest BCUT2D eigenvalue weighted by atomic mass is 35.5. The number of carbonyl (C=O) groups is 1. The van der Waals surface area contributed by atoms with Crippen LogP contribution in [0.25, 0.3) is 0 Å². The summed E-state index contributed by atoms with van der Waals surface area (Å²) in [6, 6.07) is 3.09. The molecule has 1 N–H and O–H groups in total. The normalized spacial score (nSPS) is 11.0. The van der Waals surface area contributed by atoms with E-state index in [4.69, 9.17) is 23.2 Å². The molecule has 1 rings (SSSR count). The van der Waals surface area contributed by atoms with Crippen LogP contribution in [0.4, 0.5) is 0 Å². The van der Waals surface area contributed by atoms with E-state index in [1.165, 1.54) is 6.07 Å². The maximum Gasteiger partial charge on any atom is 0.254 e. The number of rotatable bonds is 4. The first-order valence-electron chi connectivity index (χ1n) is 6.46. The lowest BCUT2D eigenvalue weighted by Crippen LogP contribution is -2.25. The van der Waals surface area contributed by atoms with Crippen molar-refractivity contribution in [3.63, 3.8) is 0 Å². The number of allylic oxidation sites excluding steroid dienone is 2. The van der Waals surface area contributed by atoms with Crippen molar-refractivity contribution in [2.45, 2.75) is 27.7 Å². The Hall–Kier alpha value is -1.32. The third-order valence-corrected chi connectivity index (χ3v) is 2.76. The molecule has 1 heterocycles. The van der Waals surface area contributed by atoms with Gasteiger partial charge >= 0.3 is 0 Å². The molecule has 0 fully saturated rings. The number of nitrogens with zero attached hydrogens (tertiary/aromatic N) is 1. The van der Waals surface area contributed by atoms with E-state index in [0.29, 0.717) is 12.1 Å². The van der Waals surface area contributed by atoms with Crippen molar-refractivity contribution < 1.29 is 4.79 Å². The Morgan fingerprint density at radius 2 is 1.95 bits per heavy atom. The van der Waals surface area contributed by atoms with E-state index < -0.39 is 0 Å². The zero-order valence-electron chi connectivity index (χ0n) is 12.2. The average molecular weight is 315 g/mol. The minimum Gasteiger partial charge on any atom is -0.348 e. The number of hydrogen-bond acceptors (Lipinski definition) is 2. The number of hydrogen-bond donors (Lipinski definition) is 1. The highest BCUT2D eigenvalue weighted by molar-refractivity contribution is 6.34. The molecule has 0 saturated heterocycles. The van der Waals surface area contributed by atoms with Crippen molar-refractivity contribution in [2.24, 2.45) is 0 Å². The Morgan fingerprint density at radius 1 is 1.30 bits per heavy atom. The number of amides is 1. The second kappa shape index (κ2) is 10.5. The average Bonchev–Trinajstić information content (AvgIpc) is 2.45. The molecule has 0 unspecified atom stereocenters. The molecule has 0 spiro atoms. The van der Waals surface area contributed by atoms with Crippen molar-refractivity contribution in [3.8, 4) is 0 Å². The van der Waals surface area contributed by atoms with Crippen LogP contribution in [0.5, 0.6) is 0 Å². The van der Waals surface area contributed by atoms with Gasteiger partial charge in [-0.1, -0.05) is 55.3 Å². The van der Waals surface area contributed by atoms with Crippen molar-refractivity contribution in [2.75, 3.05) is 6.54 Å². The van der Waals surface area contributed by atoms with Gasteiger partial charge in [-0.2, -0.15) is 0 Å². The second-order valence-corrected chi connectivity index (χ2v) is 4.26. The highest BCUT2D eigenvalue weighted by Crippen LogP contribution is 2.16. The Kier molecular flexibility index (Phi) is 9.77. The number of halogens is 2. The lowest BCUT2D eigenvalue weighted by molar-refractivity contribution is 0.0957. The summed E-state index contributed by atoms with van der Waals surface area (Å²) in [5.41, 5.74) is 1.33. The van der Waals surface area contributed by atoms with Crippen LogP contribution in [0.3, 0.4) is 0 Å². The molecular weight excluding hydrogens is 295 g/mol. The first kappa shape index (κ1) is 18.7. The van der Waals surface area contributed by atoms with Gasteiger partial charge in [0.15, 0.2) is 0 Å². The van der Waals surface area contributed by atoms with Gasteiger partial charge in [-0.25, -0.2) is 4.98 Å². The van der Waals surface area contributed by atoms with Crippen LogP contribution < -0.4 is 5.32 Å². The number of aromatic nitrogens is 1. The molecule has 0 aliphatic rings. The standard InChI is InChI=1S/C13H14Cl2N2O.C2H6/c1-3-5-9(4-2)8-16-13(18)10-6-7-11(14)17-12(10)15;1-2/h3-7H,8H2,1-2H3,(H,16,18);1-2H3/b5-3-,9-4+;. The van der Waals surface area contributed by atoms with Crippen LogP contribution >= 0.6 is 23.2 Å². The lowest BCUT2D eigenvalue weighted by atomic mass is 10.2. The molecular formula is C15H20Cl2N2O. The van der Waals surface area contributed by atoms with Gasteiger partial charge in [-0.15, -0.1) is 0 Å².